The summed E-state index contributed by atoms with van der Waals surface area (Å²) in [5.41, 5.74) is 5.47. The van der Waals surface area contributed by atoms with Crippen molar-refractivity contribution in [1.29, 1.82) is 0 Å². The molecule has 0 amide bonds. The van der Waals surface area contributed by atoms with Crippen LogP contribution in [0.4, 0.5) is 0 Å². The zero-order chi connectivity index (χ0) is 16.5. The summed E-state index contributed by atoms with van der Waals surface area (Å²) in [6, 6.07) is 18.5. The van der Waals surface area contributed by atoms with Crippen LogP contribution in [-0.2, 0) is 4.74 Å². The van der Waals surface area contributed by atoms with Gasteiger partial charge in [-0.25, -0.2) is 0 Å². The first kappa shape index (κ1) is 16.8. The fraction of sp³-hybridized carbons (Fsp3) is 0.182. The molecule has 0 aromatic heterocycles. The van der Waals surface area contributed by atoms with Crippen LogP contribution in [0, 0.1) is 11.8 Å². The maximum absolute atomic E-state index is 5.55. The first-order valence-corrected chi connectivity index (χ1v) is 7.69. The van der Waals surface area contributed by atoms with Crippen LogP contribution in [0.15, 0.2) is 78.9 Å². The van der Waals surface area contributed by atoms with Crippen molar-refractivity contribution in [3.8, 4) is 23.0 Å². The molecule has 0 spiro atoms. The van der Waals surface area contributed by atoms with Crippen molar-refractivity contribution >= 4 is 0 Å². The molecule has 0 aliphatic heterocycles. The van der Waals surface area contributed by atoms with Crippen molar-refractivity contribution in [2.24, 2.45) is 0 Å². The van der Waals surface area contributed by atoms with Gasteiger partial charge in [-0.1, -0.05) is 79.1 Å². The highest BCUT2D eigenvalue weighted by atomic mass is 16.5. The number of rotatable bonds is 6. The second-order valence-electron chi connectivity index (χ2n) is 5.59. The molecule has 2 rings (SSSR count). The van der Waals surface area contributed by atoms with E-state index in [0.29, 0.717) is 13.2 Å². The van der Waals surface area contributed by atoms with Gasteiger partial charge >= 0.3 is 0 Å². The summed E-state index contributed by atoms with van der Waals surface area (Å²) in [5.74, 6) is 6.29. The average molecular weight is 302 g/mol. The van der Waals surface area contributed by atoms with Gasteiger partial charge in [-0.2, -0.15) is 0 Å². The van der Waals surface area contributed by atoms with Gasteiger partial charge in [0.2, 0.25) is 0 Å². The Balaban J connectivity index is 1.97. The van der Waals surface area contributed by atoms with E-state index in [9.17, 15) is 0 Å². The van der Waals surface area contributed by atoms with Crippen LogP contribution in [0.2, 0.25) is 0 Å². The van der Waals surface area contributed by atoms with Gasteiger partial charge in [-0.3, -0.25) is 0 Å². The van der Waals surface area contributed by atoms with Gasteiger partial charge in [0.05, 0.1) is 6.61 Å². The smallest absolute Gasteiger partial charge is 0.108 e. The van der Waals surface area contributed by atoms with E-state index >= 15 is 0 Å². The number of hydrogen-bond acceptors (Lipinski definition) is 1. The van der Waals surface area contributed by atoms with Crippen molar-refractivity contribution in [3.63, 3.8) is 0 Å². The average Bonchev–Trinajstić information content (AvgIpc) is 2.55. The zero-order valence-corrected chi connectivity index (χ0v) is 13.6. The third-order valence-electron chi connectivity index (χ3n) is 3.27. The van der Waals surface area contributed by atoms with E-state index in [1.54, 1.807) is 0 Å². The predicted molar refractivity (Wildman–Crippen MR) is 98.1 cm³/mol. The van der Waals surface area contributed by atoms with Crippen LogP contribution < -0.4 is 0 Å². The summed E-state index contributed by atoms with van der Waals surface area (Å²) in [5, 5.41) is 0. The molecular weight excluding hydrogens is 280 g/mol. The Labute approximate surface area is 139 Å². The Kier molecular flexibility index (Phi) is 6.41. The number of ether oxygens (including phenoxy) is 1. The third kappa shape index (κ3) is 5.62. The van der Waals surface area contributed by atoms with Gasteiger partial charge in [0.25, 0.3) is 0 Å². The van der Waals surface area contributed by atoms with Crippen molar-refractivity contribution < 1.29 is 4.74 Å². The lowest BCUT2D eigenvalue weighted by molar-refractivity contribution is 0.191. The maximum atomic E-state index is 5.55. The van der Waals surface area contributed by atoms with Crippen molar-refractivity contribution in [2.75, 3.05) is 13.2 Å². The largest absolute Gasteiger partial charge is 0.364 e. The molecule has 0 saturated heterocycles. The molecular formula is C22H22O. The second kappa shape index (κ2) is 8.78. The van der Waals surface area contributed by atoms with E-state index in [4.69, 9.17) is 4.74 Å². The van der Waals surface area contributed by atoms with Gasteiger partial charge in [-0.15, -0.1) is 0 Å². The predicted octanol–water partition coefficient (Wildman–Crippen LogP) is 5.24. The van der Waals surface area contributed by atoms with E-state index in [-0.39, 0.29) is 0 Å². The SMILES string of the molecule is C=C(C)CC(=C)COCC#Cc1ccccc1-c1ccccc1. The Morgan fingerprint density at radius 1 is 1.00 bits per heavy atom. The minimum absolute atomic E-state index is 0.401. The zero-order valence-electron chi connectivity index (χ0n) is 13.6. The topological polar surface area (TPSA) is 9.23 Å². The van der Waals surface area contributed by atoms with Crippen molar-refractivity contribution in [2.45, 2.75) is 13.3 Å². The highest BCUT2D eigenvalue weighted by Crippen LogP contribution is 2.22. The van der Waals surface area contributed by atoms with Crippen LogP contribution >= 0.6 is 0 Å². The molecule has 0 atom stereocenters. The third-order valence-corrected chi connectivity index (χ3v) is 3.27. The van der Waals surface area contributed by atoms with E-state index in [0.717, 1.165) is 28.7 Å². The quantitative estimate of drug-likeness (QED) is 0.402. The summed E-state index contributed by atoms with van der Waals surface area (Å²) in [6.07, 6.45) is 0.810. The fourth-order valence-corrected chi connectivity index (χ4v) is 2.32. The molecule has 0 N–H and O–H groups in total. The summed E-state index contributed by atoms with van der Waals surface area (Å²) >= 11 is 0. The van der Waals surface area contributed by atoms with Gasteiger partial charge in [0.1, 0.15) is 6.61 Å². The minimum atomic E-state index is 0.401. The van der Waals surface area contributed by atoms with Gasteiger partial charge in [0.15, 0.2) is 0 Å². The van der Waals surface area contributed by atoms with Crippen LogP contribution in [-0.4, -0.2) is 13.2 Å². The molecule has 2 aromatic rings. The molecule has 0 aliphatic rings. The second-order valence-corrected chi connectivity index (χ2v) is 5.59. The number of benzene rings is 2. The molecule has 116 valence electrons. The van der Waals surface area contributed by atoms with Gasteiger partial charge in [-0.05, 0) is 36.1 Å². The molecule has 0 saturated carbocycles. The Hall–Kier alpha value is -2.56. The van der Waals surface area contributed by atoms with Crippen molar-refractivity contribution in [3.05, 3.63) is 84.5 Å². The first-order chi connectivity index (χ1) is 11.2. The lowest BCUT2D eigenvalue weighted by Gasteiger charge is -2.05. The Morgan fingerprint density at radius 3 is 2.43 bits per heavy atom. The lowest BCUT2D eigenvalue weighted by Crippen LogP contribution is -1.98. The fourth-order valence-electron chi connectivity index (χ4n) is 2.32. The monoisotopic (exact) mass is 302 g/mol. The molecule has 1 heteroatoms. The van der Waals surface area contributed by atoms with Crippen LogP contribution in [0.5, 0.6) is 0 Å². The molecule has 1 nitrogen and oxygen atoms in total. The lowest BCUT2D eigenvalue weighted by atomic mass is 10.0. The van der Waals surface area contributed by atoms with E-state index in [1.165, 1.54) is 5.56 Å². The molecule has 0 radical (unpaired) electrons. The molecule has 0 unspecified atom stereocenters. The highest BCUT2D eigenvalue weighted by Gasteiger charge is 2.01. The van der Waals surface area contributed by atoms with Gasteiger partial charge in [0, 0.05) is 5.56 Å². The first-order valence-electron chi connectivity index (χ1n) is 7.69. The molecule has 0 aliphatic carbocycles. The normalized spacial score (nSPS) is 9.78. The van der Waals surface area contributed by atoms with Gasteiger partial charge < -0.3 is 4.74 Å². The van der Waals surface area contributed by atoms with Crippen LogP contribution in [0.25, 0.3) is 11.1 Å². The molecule has 0 bridgehead atoms. The Bertz CT molecular complexity index is 729. The summed E-state index contributed by atoms with van der Waals surface area (Å²) in [4.78, 5) is 0. The van der Waals surface area contributed by atoms with E-state index < -0.39 is 0 Å². The summed E-state index contributed by atoms with van der Waals surface area (Å²) < 4.78 is 5.55. The molecule has 2 aromatic carbocycles. The molecule has 23 heavy (non-hydrogen) atoms. The van der Waals surface area contributed by atoms with Crippen molar-refractivity contribution in [1.82, 2.24) is 0 Å². The molecule has 0 fully saturated rings. The number of allylic oxidation sites excluding steroid dienone is 1. The van der Waals surface area contributed by atoms with Crippen LogP contribution in [0.1, 0.15) is 18.9 Å². The molecule has 0 heterocycles. The number of hydrogen-bond donors (Lipinski definition) is 0. The van der Waals surface area contributed by atoms with E-state index in [2.05, 4.69) is 43.2 Å². The van der Waals surface area contributed by atoms with Crippen LogP contribution in [0.3, 0.4) is 0 Å². The maximum Gasteiger partial charge on any atom is 0.108 e. The standard InChI is InChI=1S/C22H22O/c1-18(2)16-19(3)17-23-15-9-13-21-12-7-8-14-22(21)20-10-5-4-6-11-20/h4-8,10-12,14H,1,3,15-17H2,2H3. The highest BCUT2D eigenvalue weighted by molar-refractivity contribution is 5.70. The Morgan fingerprint density at radius 2 is 1.70 bits per heavy atom. The minimum Gasteiger partial charge on any atom is -0.364 e. The summed E-state index contributed by atoms with van der Waals surface area (Å²) in [7, 11) is 0. The summed E-state index contributed by atoms with van der Waals surface area (Å²) in [6.45, 7) is 10.8. The van der Waals surface area contributed by atoms with E-state index in [1.807, 2.05) is 43.3 Å².